The van der Waals surface area contributed by atoms with E-state index >= 15 is 0 Å². The van der Waals surface area contributed by atoms with Gasteiger partial charge in [0.05, 0.1) is 27.9 Å². The molecule has 0 unspecified atom stereocenters. The van der Waals surface area contributed by atoms with Crippen LogP contribution in [-0.4, -0.2) is 69.3 Å². The summed E-state index contributed by atoms with van der Waals surface area (Å²) in [6, 6.07) is 12.6. The first kappa shape index (κ1) is 20.0. The molecule has 0 amide bonds. The molecule has 3 heterocycles. The highest BCUT2D eigenvalue weighted by Gasteiger charge is 2.42. The maximum Gasteiger partial charge on any atom is 0.269 e. The van der Waals surface area contributed by atoms with E-state index in [1.807, 2.05) is 24.3 Å². The van der Waals surface area contributed by atoms with Crippen LogP contribution in [0.5, 0.6) is 0 Å². The summed E-state index contributed by atoms with van der Waals surface area (Å²) in [5.74, 6) is 0. The Morgan fingerprint density at radius 2 is 1.87 bits per heavy atom. The first-order chi connectivity index (χ1) is 14.9. The molecular formula is C20H22N6O4S. The number of fused-ring (bicyclic) bond motifs is 2. The molecule has 0 radical (unpaired) electrons. The van der Waals surface area contributed by atoms with Gasteiger partial charge in [-0.2, -0.15) is 4.31 Å². The molecule has 2 aliphatic heterocycles. The van der Waals surface area contributed by atoms with E-state index < -0.39 is 14.9 Å². The van der Waals surface area contributed by atoms with Crippen LogP contribution < -0.4 is 0 Å². The third kappa shape index (κ3) is 3.58. The Morgan fingerprint density at radius 1 is 1.10 bits per heavy atom. The van der Waals surface area contributed by atoms with Crippen molar-refractivity contribution in [3.8, 4) is 0 Å². The van der Waals surface area contributed by atoms with Gasteiger partial charge in [-0.1, -0.05) is 17.3 Å². The van der Waals surface area contributed by atoms with Gasteiger partial charge in [0, 0.05) is 31.3 Å². The van der Waals surface area contributed by atoms with Crippen molar-refractivity contribution < 1.29 is 13.3 Å². The average molecular weight is 443 g/mol. The molecule has 2 fully saturated rings. The third-order valence-corrected chi connectivity index (χ3v) is 8.13. The quantitative estimate of drug-likeness (QED) is 0.438. The Balaban J connectivity index is 1.49. The molecule has 0 N–H and O–H groups in total. The summed E-state index contributed by atoms with van der Waals surface area (Å²) < 4.78 is 30.4. The molecular weight excluding hydrogens is 420 g/mol. The van der Waals surface area contributed by atoms with E-state index in [0.29, 0.717) is 19.6 Å². The van der Waals surface area contributed by atoms with E-state index in [1.54, 1.807) is 8.99 Å². The van der Waals surface area contributed by atoms with E-state index in [1.165, 1.54) is 24.3 Å². The number of piperazine rings is 1. The topological polar surface area (TPSA) is 114 Å². The van der Waals surface area contributed by atoms with Gasteiger partial charge in [0.2, 0.25) is 10.0 Å². The lowest BCUT2D eigenvalue weighted by Crippen LogP contribution is -2.58. The van der Waals surface area contributed by atoms with Crippen molar-refractivity contribution in [2.24, 2.45) is 0 Å². The number of non-ortho nitro benzene ring substituents is 1. The number of sulfonamides is 1. The Labute approximate surface area is 179 Å². The van der Waals surface area contributed by atoms with E-state index in [2.05, 4.69) is 15.2 Å². The lowest BCUT2D eigenvalue weighted by Gasteiger charge is -2.42. The third-order valence-electron chi connectivity index (χ3n) is 6.20. The SMILES string of the molecule is O=[N+]([O-])c1ccc(S(=O)(=O)N2C[C@H]3CCCN3C[C@H]2Cn2nnc3ccccc32)cc1. The molecule has 11 heteroatoms. The minimum atomic E-state index is -3.83. The Morgan fingerprint density at radius 3 is 2.65 bits per heavy atom. The van der Waals surface area contributed by atoms with Crippen molar-refractivity contribution in [2.75, 3.05) is 19.6 Å². The van der Waals surface area contributed by atoms with Gasteiger partial charge in [0.15, 0.2) is 0 Å². The molecule has 2 saturated heterocycles. The molecule has 2 aliphatic rings. The van der Waals surface area contributed by atoms with Crippen molar-refractivity contribution in [3.63, 3.8) is 0 Å². The first-order valence-corrected chi connectivity index (χ1v) is 11.7. The minimum Gasteiger partial charge on any atom is -0.297 e. The molecule has 0 bridgehead atoms. The van der Waals surface area contributed by atoms with Crippen molar-refractivity contribution in [1.82, 2.24) is 24.2 Å². The molecule has 162 valence electrons. The van der Waals surface area contributed by atoms with Crippen LogP contribution in [0.25, 0.3) is 11.0 Å². The molecule has 10 nitrogen and oxygen atoms in total. The van der Waals surface area contributed by atoms with Gasteiger partial charge < -0.3 is 0 Å². The average Bonchev–Trinajstić information content (AvgIpc) is 3.40. The zero-order valence-corrected chi connectivity index (χ0v) is 17.6. The van der Waals surface area contributed by atoms with Crippen LogP contribution in [0.2, 0.25) is 0 Å². The lowest BCUT2D eigenvalue weighted by molar-refractivity contribution is -0.384. The smallest absolute Gasteiger partial charge is 0.269 e. The van der Waals surface area contributed by atoms with Gasteiger partial charge in [-0.25, -0.2) is 13.1 Å². The normalized spacial score (nSPS) is 22.6. The molecule has 5 rings (SSSR count). The molecule has 2 aromatic carbocycles. The summed E-state index contributed by atoms with van der Waals surface area (Å²) in [6.07, 6.45) is 2.01. The largest absolute Gasteiger partial charge is 0.297 e. The molecule has 2 atom stereocenters. The lowest BCUT2D eigenvalue weighted by atomic mass is 10.1. The highest BCUT2D eigenvalue weighted by Crippen LogP contribution is 2.30. The number of nitro groups is 1. The number of hydrogen-bond donors (Lipinski definition) is 0. The summed E-state index contributed by atoms with van der Waals surface area (Å²) in [4.78, 5) is 12.8. The van der Waals surface area contributed by atoms with Gasteiger partial charge in [-0.3, -0.25) is 15.0 Å². The number of nitrogens with zero attached hydrogens (tertiary/aromatic N) is 6. The van der Waals surface area contributed by atoms with E-state index in [4.69, 9.17) is 0 Å². The maximum absolute atomic E-state index is 13.6. The monoisotopic (exact) mass is 442 g/mol. The fraction of sp³-hybridized carbons (Fsp3) is 0.400. The first-order valence-electron chi connectivity index (χ1n) is 10.2. The van der Waals surface area contributed by atoms with E-state index in [-0.39, 0.29) is 22.7 Å². The van der Waals surface area contributed by atoms with Crippen LogP contribution in [0.3, 0.4) is 0 Å². The zero-order chi connectivity index (χ0) is 21.6. The fourth-order valence-corrected chi connectivity index (χ4v) is 6.28. The molecule has 1 aromatic heterocycles. The van der Waals surface area contributed by atoms with Crippen molar-refractivity contribution in [3.05, 3.63) is 58.6 Å². The van der Waals surface area contributed by atoms with Crippen LogP contribution in [0, 0.1) is 10.1 Å². The predicted molar refractivity (Wildman–Crippen MR) is 113 cm³/mol. The number of benzene rings is 2. The molecule has 0 saturated carbocycles. The molecule has 31 heavy (non-hydrogen) atoms. The number of rotatable bonds is 5. The second-order valence-electron chi connectivity index (χ2n) is 8.03. The Bertz CT molecular complexity index is 1230. The Kier molecular flexibility index (Phi) is 4.95. The van der Waals surface area contributed by atoms with E-state index in [0.717, 1.165) is 30.4 Å². The minimum absolute atomic E-state index is 0.0676. The number of nitro benzene ring substituents is 1. The van der Waals surface area contributed by atoms with Gasteiger partial charge in [0.1, 0.15) is 5.52 Å². The second kappa shape index (κ2) is 7.66. The van der Waals surface area contributed by atoms with Crippen LogP contribution in [0.1, 0.15) is 12.8 Å². The van der Waals surface area contributed by atoms with Crippen LogP contribution in [0.4, 0.5) is 5.69 Å². The highest BCUT2D eigenvalue weighted by molar-refractivity contribution is 7.89. The summed E-state index contributed by atoms with van der Waals surface area (Å²) >= 11 is 0. The molecule has 0 spiro atoms. The van der Waals surface area contributed by atoms with Crippen molar-refractivity contribution >= 4 is 26.7 Å². The summed E-state index contributed by atoms with van der Waals surface area (Å²) in [7, 11) is -3.83. The number of para-hydroxylation sites is 1. The van der Waals surface area contributed by atoms with Gasteiger partial charge >= 0.3 is 0 Å². The highest BCUT2D eigenvalue weighted by atomic mass is 32.2. The standard InChI is InChI=1S/C20H22N6O4S/c27-26(28)15-7-9-18(10-8-15)31(29,30)25-14-16-4-3-11-23(16)12-17(25)13-24-20-6-2-1-5-19(20)21-22-24/h1-2,5-10,16-17H,3-4,11-14H2/t16-,17+/m1/s1. The fourth-order valence-electron chi connectivity index (χ4n) is 4.63. The second-order valence-corrected chi connectivity index (χ2v) is 9.92. The maximum atomic E-state index is 13.6. The van der Waals surface area contributed by atoms with Gasteiger partial charge in [0.25, 0.3) is 5.69 Å². The number of hydrogen-bond acceptors (Lipinski definition) is 7. The zero-order valence-electron chi connectivity index (χ0n) is 16.7. The van der Waals surface area contributed by atoms with E-state index in [9.17, 15) is 18.5 Å². The summed E-state index contributed by atoms with van der Waals surface area (Å²) in [5.41, 5.74) is 1.49. The van der Waals surface area contributed by atoms with Gasteiger partial charge in [-0.15, -0.1) is 5.10 Å². The summed E-state index contributed by atoms with van der Waals surface area (Å²) in [6.45, 7) is 2.36. The van der Waals surface area contributed by atoms with Gasteiger partial charge in [-0.05, 0) is 43.7 Å². The van der Waals surface area contributed by atoms with Crippen LogP contribution in [-0.2, 0) is 16.6 Å². The molecule has 0 aliphatic carbocycles. The Hall–Kier alpha value is -2.89. The number of aromatic nitrogens is 3. The van der Waals surface area contributed by atoms with Crippen molar-refractivity contribution in [1.29, 1.82) is 0 Å². The van der Waals surface area contributed by atoms with Crippen LogP contribution in [0.15, 0.2) is 53.4 Å². The summed E-state index contributed by atoms with van der Waals surface area (Å²) in [5, 5.41) is 19.4. The predicted octanol–water partition coefficient (Wildman–Crippen LogP) is 1.88. The molecule has 3 aromatic rings. The van der Waals surface area contributed by atoms with Crippen molar-refractivity contribution in [2.45, 2.75) is 36.4 Å². The van der Waals surface area contributed by atoms with Crippen LogP contribution >= 0.6 is 0 Å².